The predicted molar refractivity (Wildman–Crippen MR) is 111 cm³/mol. The van der Waals surface area contributed by atoms with Crippen LogP contribution in [0.3, 0.4) is 0 Å². The van der Waals surface area contributed by atoms with Gasteiger partial charge in [0.25, 0.3) is 5.69 Å². The summed E-state index contributed by atoms with van der Waals surface area (Å²) < 4.78 is 10.5. The first kappa shape index (κ1) is 21.2. The molecule has 0 atom stereocenters. The maximum atomic E-state index is 12.3. The van der Waals surface area contributed by atoms with Gasteiger partial charge in [0.15, 0.2) is 5.70 Å². The second kappa shape index (κ2) is 8.46. The zero-order valence-corrected chi connectivity index (χ0v) is 17.1. The summed E-state index contributed by atoms with van der Waals surface area (Å²) in [5.41, 5.74) is 2.07. The van der Waals surface area contributed by atoms with E-state index >= 15 is 0 Å². The molecule has 0 saturated carbocycles. The highest BCUT2D eigenvalue weighted by Crippen LogP contribution is 2.29. The van der Waals surface area contributed by atoms with Crippen molar-refractivity contribution < 1.29 is 24.0 Å². The second-order valence-corrected chi connectivity index (χ2v) is 6.98. The number of benzene rings is 2. The number of carbonyl (C=O) groups is 2. The number of ether oxygens (including phenoxy) is 2. The summed E-state index contributed by atoms with van der Waals surface area (Å²) in [6, 6.07) is 7.29. The third kappa shape index (κ3) is 4.38. The molecule has 0 spiro atoms. The van der Waals surface area contributed by atoms with Crippen molar-refractivity contribution in [2.24, 2.45) is 4.99 Å². The molecule has 1 aliphatic heterocycles. The van der Waals surface area contributed by atoms with E-state index in [9.17, 15) is 19.7 Å². The van der Waals surface area contributed by atoms with Gasteiger partial charge in [-0.3, -0.25) is 14.9 Å². The number of cyclic esters (lactones) is 1. The van der Waals surface area contributed by atoms with Gasteiger partial charge in [-0.15, -0.1) is 0 Å². The number of carbonyl (C=O) groups excluding carboxylic acids is 2. The zero-order valence-electron chi connectivity index (χ0n) is 16.4. The van der Waals surface area contributed by atoms with Crippen LogP contribution in [-0.4, -0.2) is 22.8 Å². The number of nitro groups is 1. The Kier molecular flexibility index (Phi) is 5.98. The molecule has 8 nitrogen and oxygen atoms in total. The molecule has 9 heteroatoms. The average molecular weight is 429 g/mol. The van der Waals surface area contributed by atoms with Gasteiger partial charge in [-0.05, 0) is 54.8 Å². The molecular formula is C21H17ClN2O6. The lowest BCUT2D eigenvalue weighted by molar-refractivity contribution is -0.384. The lowest BCUT2D eigenvalue weighted by atomic mass is 10.0. The number of non-ortho nitro benzene ring substituents is 1. The Labute approximate surface area is 176 Å². The van der Waals surface area contributed by atoms with Gasteiger partial charge in [0.05, 0.1) is 15.5 Å². The number of nitro benzene ring substituents is 1. The Balaban J connectivity index is 1.96. The van der Waals surface area contributed by atoms with Gasteiger partial charge in [0, 0.05) is 18.6 Å². The van der Waals surface area contributed by atoms with Gasteiger partial charge in [0.2, 0.25) is 5.90 Å². The molecule has 1 aliphatic rings. The van der Waals surface area contributed by atoms with Crippen molar-refractivity contribution in [3.8, 4) is 5.75 Å². The summed E-state index contributed by atoms with van der Waals surface area (Å²) in [5, 5.41) is 11.2. The molecular weight excluding hydrogens is 412 g/mol. The summed E-state index contributed by atoms with van der Waals surface area (Å²) in [5.74, 6) is -0.674. The molecule has 0 bridgehead atoms. The summed E-state index contributed by atoms with van der Waals surface area (Å²) >= 11 is 6.09. The fourth-order valence-corrected chi connectivity index (χ4v) is 3.09. The van der Waals surface area contributed by atoms with Crippen molar-refractivity contribution in [2.45, 2.75) is 27.2 Å². The topological polar surface area (TPSA) is 108 Å². The number of hydrogen-bond acceptors (Lipinski definition) is 7. The number of esters is 2. The smallest absolute Gasteiger partial charge is 0.363 e. The standard InChI is InChI=1S/C21H17ClN2O6/c1-4-18(25)29-19-11(2)7-13(8-12(19)3)9-17-21(26)30-20(23-17)15-10-14(24(27)28)5-6-16(15)22/h5-10H,4H2,1-3H3/b17-9-. The quantitative estimate of drug-likeness (QED) is 0.228. The lowest BCUT2D eigenvalue weighted by Gasteiger charge is -2.11. The van der Waals surface area contributed by atoms with E-state index in [1.807, 2.05) is 0 Å². The van der Waals surface area contributed by atoms with Crippen molar-refractivity contribution in [2.75, 3.05) is 0 Å². The van der Waals surface area contributed by atoms with Crippen molar-refractivity contribution in [3.63, 3.8) is 0 Å². The van der Waals surface area contributed by atoms with Crippen LogP contribution in [0.2, 0.25) is 5.02 Å². The summed E-state index contributed by atoms with van der Waals surface area (Å²) in [6.07, 6.45) is 1.78. The van der Waals surface area contributed by atoms with Crippen LogP contribution in [0.5, 0.6) is 5.75 Å². The zero-order chi connectivity index (χ0) is 22.0. The fourth-order valence-electron chi connectivity index (χ4n) is 2.89. The van der Waals surface area contributed by atoms with Crippen LogP contribution in [0.1, 0.15) is 35.6 Å². The third-order valence-electron chi connectivity index (χ3n) is 4.30. The molecule has 0 amide bonds. The van der Waals surface area contributed by atoms with Crippen LogP contribution in [0, 0.1) is 24.0 Å². The van der Waals surface area contributed by atoms with Gasteiger partial charge < -0.3 is 9.47 Å². The first-order valence-corrected chi connectivity index (χ1v) is 9.36. The van der Waals surface area contributed by atoms with E-state index in [0.29, 0.717) is 11.3 Å². The van der Waals surface area contributed by atoms with Gasteiger partial charge in [-0.1, -0.05) is 18.5 Å². The van der Waals surface area contributed by atoms with Gasteiger partial charge in [-0.25, -0.2) is 9.79 Å². The minimum atomic E-state index is -0.704. The Bertz CT molecular complexity index is 1110. The molecule has 30 heavy (non-hydrogen) atoms. The van der Waals surface area contributed by atoms with E-state index in [1.165, 1.54) is 24.3 Å². The van der Waals surface area contributed by atoms with E-state index in [0.717, 1.165) is 11.1 Å². The number of hydrogen-bond donors (Lipinski definition) is 0. The normalized spacial score (nSPS) is 14.5. The molecule has 2 aromatic rings. The molecule has 154 valence electrons. The fraction of sp³-hybridized carbons (Fsp3) is 0.190. The average Bonchev–Trinajstić information content (AvgIpc) is 3.04. The van der Waals surface area contributed by atoms with Crippen molar-refractivity contribution in [1.29, 1.82) is 0 Å². The van der Waals surface area contributed by atoms with Crippen molar-refractivity contribution in [1.82, 2.24) is 0 Å². The van der Waals surface area contributed by atoms with Crippen LogP contribution >= 0.6 is 11.6 Å². The van der Waals surface area contributed by atoms with Crippen molar-refractivity contribution >= 4 is 41.2 Å². The molecule has 3 rings (SSSR count). The SMILES string of the molecule is CCC(=O)Oc1c(C)cc(/C=C2\N=C(c3cc([N+](=O)[O-])ccc3Cl)OC2=O)cc1C. The molecule has 0 radical (unpaired) electrons. The van der Waals surface area contributed by atoms with Crippen LogP contribution < -0.4 is 4.74 Å². The summed E-state index contributed by atoms with van der Waals surface area (Å²) in [4.78, 5) is 38.4. The predicted octanol–water partition coefficient (Wildman–Crippen LogP) is 4.52. The van der Waals surface area contributed by atoms with E-state index in [1.54, 1.807) is 32.9 Å². The van der Waals surface area contributed by atoms with Gasteiger partial charge in [0.1, 0.15) is 5.75 Å². The minimum Gasteiger partial charge on any atom is -0.426 e. The van der Waals surface area contributed by atoms with Gasteiger partial charge in [-0.2, -0.15) is 0 Å². The van der Waals surface area contributed by atoms with E-state index < -0.39 is 10.9 Å². The Morgan fingerprint density at radius 1 is 1.27 bits per heavy atom. The first-order valence-electron chi connectivity index (χ1n) is 8.98. The maximum absolute atomic E-state index is 12.3. The molecule has 2 aromatic carbocycles. The number of nitrogens with zero attached hydrogens (tertiary/aromatic N) is 2. The molecule has 0 saturated heterocycles. The lowest BCUT2D eigenvalue weighted by Crippen LogP contribution is -2.08. The monoisotopic (exact) mass is 428 g/mol. The number of rotatable bonds is 5. The molecule has 0 fully saturated rings. The molecule has 0 N–H and O–H groups in total. The maximum Gasteiger partial charge on any atom is 0.363 e. The van der Waals surface area contributed by atoms with E-state index in [2.05, 4.69) is 4.99 Å². The molecule has 1 heterocycles. The molecule has 0 aromatic heterocycles. The Morgan fingerprint density at radius 3 is 2.53 bits per heavy atom. The largest absolute Gasteiger partial charge is 0.426 e. The van der Waals surface area contributed by atoms with Crippen LogP contribution in [0.25, 0.3) is 6.08 Å². The highest BCUT2D eigenvalue weighted by atomic mass is 35.5. The van der Waals surface area contributed by atoms with Gasteiger partial charge >= 0.3 is 11.9 Å². The summed E-state index contributed by atoms with van der Waals surface area (Å²) in [6.45, 7) is 5.29. The minimum absolute atomic E-state index is 0.0182. The highest BCUT2D eigenvalue weighted by molar-refractivity contribution is 6.34. The van der Waals surface area contributed by atoms with Crippen molar-refractivity contribution in [3.05, 3.63) is 73.4 Å². The van der Waals surface area contributed by atoms with Crippen LogP contribution in [0.15, 0.2) is 41.0 Å². The highest BCUT2D eigenvalue weighted by Gasteiger charge is 2.27. The number of aliphatic imine (C=N–C) groups is 1. The number of halogens is 1. The summed E-state index contributed by atoms with van der Waals surface area (Å²) in [7, 11) is 0. The second-order valence-electron chi connectivity index (χ2n) is 6.57. The van der Waals surface area contributed by atoms with E-state index in [-0.39, 0.29) is 40.3 Å². The third-order valence-corrected chi connectivity index (χ3v) is 4.63. The Hall–Kier alpha value is -3.52. The van der Waals surface area contributed by atoms with Crippen LogP contribution in [0.4, 0.5) is 5.69 Å². The first-order chi connectivity index (χ1) is 14.2. The number of aryl methyl sites for hydroxylation is 2. The molecule has 0 unspecified atom stereocenters. The van der Waals surface area contributed by atoms with Crippen LogP contribution in [-0.2, 0) is 14.3 Å². The molecule has 0 aliphatic carbocycles. The van der Waals surface area contributed by atoms with E-state index in [4.69, 9.17) is 21.1 Å². The Morgan fingerprint density at radius 2 is 1.93 bits per heavy atom.